The molecule has 0 spiro atoms. The van der Waals surface area contributed by atoms with Gasteiger partial charge in [-0.15, -0.1) is 0 Å². The summed E-state index contributed by atoms with van der Waals surface area (Å²) >= 11 is 1.38. The normalized spacial score (nSPS) is 24.2. The first-order valence-corrected chi connectivity index (χ1v) is 11.0. The Morgan fingerprint density at radius 1 is 1.32 bits per heavy atom. The molecule has 3 rings (SSSR count). The lowest BCUT2D eigenvalue weighted by molar-refractivity contribution is -0.125. The molecule has 0 bridgehead atoms. The Bertz CT molecular complexity index is 834. The minimum absolute atomic E-state index is 0.0123. The Hall–Kier alpha value is -1.54. The van der Waals surface area contributed by atoms with Gasteiger partial charge in [0.2, 0.25) is 5.91 Å². The SMILES string of the molecule is Cc1ccc(C)c(N2C(SCC(=O)N(C)C)=N[C@H]3CS(=O)(=O)C[C@H]32)c1. The van der Waals surface area contributed by atoms with E-state index in [9.17, 15) is 13.2 Å². The van der Waals surface area contributed by atoms with Gasteiger partial charge in [-0.2, -0.15) is 0 Å². The number of hydrogen-bond acceptors (Lipinski definition) is 6. The van der Waals surface area contributed by atoms with Crippen molar-refractivity contribution in [2.45, 2.75) is 25.9 Å². The molecule has 1 fully saturated rings. The molecule has 2 heterocycles. The standard InChI is InChI=1S/C17H23N3O3S2/c1-11-5-6-12(2)14(7-11)20-15-10-25(22,23)9-13(15)18-17(20)24-8-16(21)19(3)4/h5-7,13,15H,8-10H2,1-4H3/t13-,15+/m0/s1. The van der Waals surface area contributed by atoms with Crippen LogP contribution in [-0.4, -0.2) is 67.8 Å². The molecule has 1 aromatic carbocycles. The third-order valence-corrected chi connectivity index (χ3v) is 7.21. The van der Waals surface area contributed by atoms with Crippen LogP contribution in [0.5, 0.6) is 0 Å². The molecule has 6 nitrogen and oxygen atoms in total. The Labute approximate surface area is 153 Å². The van der Waals surface area contributed by atoms with Gasteiger partial charge in [-0.05, 0) is 31.0 Å². The number of nitrogens with zero attached hydrogens (tertiary/aromatic N) is 3. The van der Waals surface area contributed by atoms with Crippen molar-refractivity contribution in [2.24, 2.45) is 4.99 Å². The number of aliphatic imine (C=N–C) groups is 1. The highest BCUT2D eigenvalue weighted by atomic mass is 32.2. The molecule has 1 amide bonds. The summed E-state index contributed by atoms with van der Waals surface area (Å²) < 4.78 is 24.1. The molecule has 1 aromatic rings. The van der Waals surface area contributed by atoms with Crippen LogP contribution in [0, 0.1) is 13.8 Å². The molecule has 0 unspecified atom stereocenters. The molecule has 8 heteroatoms. The predicted octanol–water partition coefficient (Wildman–Crippen LogP) is 1.47. The fourth-order valence-corrected chi connectivity index (χ4v) is 6.09. The molecule has 2 aliphatic rings. The van der Waals surface area contributed by atoms with E-state index in [1.54, 1.807) is 19.0 Å². The van der Waals surface area contributed by atoms with Crippen LogP contribution in [0.3, 0.4) is 0 Å². The molecule has 2 aliphatic heterocycles. The van der Waals surface area contributed by atoms with Crippen molar-refractivity contribution in [1.29, 1.82) is 0 Å². The Balaban J connectivity index is 1.94. The zero-order valence-corrected chi connectivity index (χ0v) is 16.5. The van der Waals surface area contributed by atoms with Crippen molar-refractivity contribution >= 4 is 38.4 Å². The van der Waals surface area contributed by atoms with E-state index in [2.05, 4.69) is 11.1 Å². The number of aryl methyl sites for hydroxylation is 2. The summed E-state index contributed by atoms with van der Waals surface area (Å²) in [5, 5.41) is 0.744. The first-order chi connectivity index (χ1) is 11.7. The molecule has 25 heavy (non-hydrogen) atoms. The maximum Gasteiger partial charge on any atom is 0.232 e. The number of carbonyl (C=O) groups is 1. The van der Waals surface area contributed by atoms with Crippen LogP contribution in [0.1, 0.15) is 11.1 Å². The first-order valence-electron chi connectivity index (χ1n) is 8.15. The summed E-state index contributed by atoms with van der Waals surface area (Å²) in [4.78, 5) is 20.2. The number of rotatable bonds is 3. The van der Waals surface area contributed by atoms with Gasteiger partial charge in [-0.25, -0.2) is 8.42 Å². The highest BCUT2D eigenvalue weighted by Crippen LogP contribution is 2.36. The molecule has 0 saturated carbocycles. The van der Waals surface area contributed by atoms with Crippen molar-refractivity contribution < 1.29 is 13.2 Å². The number of fused-ring (bicyclic) bond motifs is 1. The van der Waals surface area contributed by atoms with Gasteiger partial charge in [0.05, 0.1) is 29.3 Å². The van der Waals surface area contributed by atoms with E-state index in [1.165, 1.54) is 11.8 Å². The number of amides is 1. The highest BCUT2D eigenvalue weighted by molar-refractivity contribution is 8.14. The maximum absolute atomic E-state index is 12.1. The number of hydrogen-bond donors (Lipinski definition) is 0. The summed E-state index contributed by atoms with van der Waals surface area (Å²) in [7, 11) is 0.380. The molecule has 0 aromatic heterocycles. The second-order valence-corrected chi connectivity index (χ2v) is 9.96. The minimum Gasteiger partial charge on any atom is -0.348 e. The summed E-state index contributed by atoms with van der Waals surface area (Å²) in [6.07, 6.45) is 0. The van der Waals surface area contributed by atoms with Crippen LogP contribution in [0.15, 0.2) is 23.2 Å². The summed E-state index contributed by atoms with van der Waals surface area (Å²) in [5.74, 6) is 0.503. The fraction of sp³-hybridized carbons (Fsp3) is 0.529. The van der Waals surface area contributed by atoms with Gasteiger partial charge in [-0.3, -0.25) is 9.79 Å². The molecule has 1 saturated heterocycles. The fourth-order valence-electron chi connectivity index (χ4n) is 3.15. The van der Waals surface area contributed by atoms with Crippen LogP contribution in [0.25, 0.3) is 0 Å². The number of anilines is 1. The quantitative estimate of drug-likeness (QED) is 0.793. The van der Waals surface area contributed by atoms with E-state index in [1.807, 2.05) is 30.9 Å². The van der Waals surface area contributed by atoms with E-state index in [0.29, 0.717) is 5.75 Å². The molecule has 2 atom stereocenters. The van der Waals surface area contributed by atoms with Gasteiger partial charge in [0.1, 0.15) is 0 Å². The van der Waals surface area contributed by atoms with Gasteiger partial charge in [0.15, 0.2) is 15.0 Å². The molecular weight excluding hydrogens is 358 g/mol. The smallest absolute Gasteiger partial charge is 0.232 e. The maximum atomic E-state index is 12.1. The van der Waals surface area contributed by atoms with Gasteiger partial charge in [0, 0.05) is 19.8 Å². The lowest BCUT2D eigenvalue weighted by atomic mass is 10.1. The monoisotopic (exact) mass is 381 g/mol. The van der Waals surface area contributed by atoms with Crippen molar-refractivity contribution in [3.8, 4) is 0 Å². The third-order valence-electron chi connectivity index (χ3n) is 4.56. The summed E-state index contributed by atoms with van der Waals surface area (Å²) in [6.45, 7) is 4.03. The van der Waals surface area contributed by atoms with Crippen molar-refractivity contribution in [1.82, 2.24) is 4.90 Å². The van der Waals surface area contributed by atoms with Crippen LogP contribution in [0.2, 0.25) is 0 Å². The van der Waals surface area contributed by atoms with E-state index < -0.39 is 9.84 Å². The average Bonchev–Trinajstić information content (AvgIpc) is 2.98. The topological polar surface area (TPSA) is 70.1 Å². The van der Waals surface area contributed by atoms with Crippen LogP contribution in [0.4, 0.5) is 5.69 Å². The molecule has 136 valence electrons. The van der Waals surface area contributed by atoms with Crippen LogP contribution < -0.4 is 4.90 Å². The molecule has 0 aliphatic carbocycles. The lowest BCUT2D eigenvalue weighted by Gasteiger charge is -2.28. The Morgan fingerprint density at radius 3 is 2.72 bits per heavy atom. The van der Waals surface area contributed by atoms with Crippen LogP contribution in [-0.2, 0) is 14.6 Å². The molecule has 0 N–H and O–H groups in total. The first kappa shape index (κ1) is 18.3. The Morgan fingerprint density at radius 2 is 2.04 bits per heavy atom. The van der Waals surface area contributed by atoms with Crippen LogP contribution >= 0.6 is 11.8 Å². The largest absolute Gasteiger partial charge is 0.348 e. The summed E-state index contributed by atoms with van der Waals surface area (Å²) in [5.41, 5.74) is 3.16. The Kier molecular flexibility index (Phi) is 4.85. The lowest BCUT2D eigenvalue weighted by Crippen LogP contribution is -2.40. The number of benzene rings is 1. The molecule has 0 radical (unpaired) electrons. The number of sulfone groups is 1. The highest BCUT2D eigenvalue weighted by Gasteiger charge is 2.47. The van der Waals surface area contributed by atoms with Gasteiger partial charge >= 0.3 is 0 Å². The molecular formula is C17H23N3O3S2. The number of amidine groups is 1. The van der Waals surface area contributed by atoms with Gasteiger partial charge in [0.25, 0.3) is 0 Å². The van der Waals surface area contributed by atoms with Gasteiger partial charge in [-0.1, -0.05) is 23.9 Å². The van der Waals surface area contributed by atoms with E-state index in [0.717, 1.165) is 22.0 Å². The average molecular weight is 382 g/mol. The number of carbonyl (C=O) groups excluding carboxylic acids is 1. The van der Waals surface area contributed by atoms with Crippen molar-refractivity contribution in [2.75, 3.05) is 36.3 Å². The second kappa shape index (κ2) is 6.64. The van der Waals surface area contributed by atoms with Crippen molar-refractivity contribution in [3.05, 3.63) is 29.3 Å². The van der Waals surface area contributed by atoms with Gasteiger partial charge < -0.3 is 9.80 Å². The minimum atomic E-state index is -3.07. The van der Waals surface area contributed by atoms with E-state index in [-0.39, 0.29) is 29.5 Å². The third kappa shape index (κ3) is 3.69. The second-order valence-electron chi connectivity index (χ2n) is 6.86. The zero-order chi connectivity index (χ0) is 18.4. The number of thioether (sulfide) groups is 1. The van der Waals surface area contributed by atoms with Crippen molar-refractivity contribution in [3.63, 3.8) is 0 Å². The summed E-state index contributed by atoms with van der Waals surface area (Å²) in [6, 6.07) is 5.71. The van der Waals surface area contributed by atoms with E-state index in [4.69, 9.17) is 0 Å². The predicted molar refractivity (Wildman–Crippen MR) is 103 cm³/mol. The zero-order valence-electron chi connectivity index (χ0n) is 14.9. The van der Waals surface area contributed by atoms with E-state index >= 15 is 0 Å².